The summed E-state index contributed by atoms with van der Waals surface area (Å²) >= 11 is 0. The van der Waals surface area contributed by atoms with Gasteiger partial charge in [0.2, 0.25) is 0 Å². The molecule has 0 heterocycles. The number of para-hydroxylation sites is 1. The Bertz CT molecular complexity index is 620. The summed E-state index contributed by atoms with van der Waals surface area (Å²) in [5.74, 6) is 0.640. The third-order valence-corrected chi connectivity index (χ3v) is 3.24. The minimum absolute atomic E-state index is 0.0220. The second kappa shape index (κ2) is 6.24. The Morgan fingerprint density at radius 3 is 2.60 bits per heavy atom. The Kier molecular flexibility index (Phi) is 4.41. The highest BCUT2D eigenvalue weighted by Gasteiger charge is 2.12. The molecule has 0 atom stereocenters. The lowest BCUT2D eigenvalue weighted by molar-refractivity contribution is 0.100. The van der Waals surface area contributed by atoms with Gasteiger partial charge in [-0.1, -0.05) is 29.8 Å². The molecule has 0 fully saturated rings. The average molecular weight is 269 g/mol. The van der Waals surface area contributed by atoms with Crippen molar-refractivity contribution in [1.82, 2.24) is 0 Å². The fourth-order valence-corrected chi connectivity index (χ4v) is 2.08. The maximum Gasteiger partial charge on any atom is 0.185 e. The van der Waals surface area contributed by atoms with Crippen LogP contribution in [-0.2, 0) is 0 Å². The number of ketones is 1. The second-order valence-electron chi connectivity index (χ2n) is 4.80. The Hall–Kier alpha value is -2.29. The maximum absolute atomic E-state index is 12.3. The molecule has 3 nitrogen and oxygen atoms in total. The van der Waals surface area contributed by atoms with E-state index >= 15 is 0 Å². The van der Waals surface area contributed by atoms with Gasteiger partial charge < -0.3 is 10.1 Å². The molecule has 0 aliphatic rings. The van der Waals surface area contributed by atoms with Crippen LogP contribution in [-0.4, -0.2) is 19.4 Å². The molecule has 2 aromatic carbocycles. The van der Waals surface area contributed by atoms with Gasteiger partial charge in [-0.2, -0.15) is 0 Å². The zero-order chi connectivity index (χ0) is 14.5. The van der Waals surface area contributed by atoms with E-state index in [0.717, 1.165) is 16.8 Å². The van der Waals surface area contributed by atoms with Gasteiger partial charge in [-0.25, -0.2) is 0 Å². The summed E-state index contributed by atoms with van der Waals surface area (Å²) in [5.41, 5.74) is 3.77. The molecule has 20 heavy (non-hydrogen) atoms. The molecule has 104 valence electrons. The van der Waals surface area contributed by atoms with Gasteiger partial charge in [0.05, 0.1) is 19.2 Å². The number of hydrogen-bond donors (Lipinski definition) is 1. The Morgan fingerprint density at radius 2 is 1.90 bits per heavy atom. The van der Waals surface area contributed by atoms with Crippen molar-refractivity contribution < 1.29 is 9.53 Å². The largest absolute Gasteiger partial charge is 0.496 e. The zero-order valence-corrected chi connectivity index (χ0v) is 12.1. The third kappa shape index (κ3) is 3.18. The molecule has 0 saturated carbocycles. The summed E-state index contributed by atoms with van der Waals surface area (Å²) in [4.78, 5) is 12.3. The fourth-order valence-electron chi connectivity index (χ4n) is 2.08. The number of ether oxygens (including phenoxy) is 1. The predicted molar refractivity (Wildman–Crippen MR) is 81.7 cm³/mol. The Labute approximate surface area is 119 Å². The van der Waals surface area contributed by atoms with Crippen LogP contribution in [0.2, 0.25) is 0 Å². The monoisotopic (exact) mass is 269 g/mol. The number of rotatable bonds is 5. The van der Waals surface area contributed by atoms with Gasteiger partial charge in [0.15, 0.2) is 5.78 Å². The minimum atomic E-state index is 0.0220. The molecule has 0 aliphatic carbocycles. The maximum atomic E-state index is 12.3. The number of carbonyl (C=O) groups excluding carboxylic acids is 1. The van der Waals surface area contributed by atoms with Gasteiger partial charge >= 0.3 is 0 Å². The molecule has 3 heteroatoms. The van der Waals surface area contributed by atoms with E-state index in [1.165, 1.54) is 0 Å². The van der Waals surface area contributed by atoms with E-state index in [4.69, 9.17) is 4.74 Å². The predicted octanol–water partition coefficient (Wildman–Crippen LogP) is 3.61. The number of Topliss-reactive ketones (excluding diaryl/α,β-unsaturated/α-hetero) is 1. The van der Waals surface area contributed by atoms with Crippen LogP contribution in [0.15, 0.2) is 42.5 Å². The molecule has 0 bridgehead atoms. The Balaban J connectivity index is 2.13. The Morgan fingerprint density at radius 1 is 1.15 bits per heavy atom. The van der Waals surface area contributed by atoms with Crippen LogP contribution in [0.25, 0.3) is 0 Å². The number of nitrogens with one attached hydrogen (secondary N) is 1. The van der Waals surface area contributed by atoms with Crippen molar-refractivity contribution in [3.05, 3.63) is 59.2 Å². The molecule has 0 unspecified atom stereocenters. The van der Waals surface area contributed by atoms with Crippen LogP contribution >= 0.6 is 0 Å². The van der Waals surface area contributed by atoms with E-state index in [1.54, 1.807) is 7.11 Å². The molecule has 0 radical (unpaired) electrons. The van der Waals surface area contributed by atoms with Crippen LogP contribution in [0.1, 0.15) is 21.5 Å². The van der Waals surface area contributed by atoms with Crippen LogP contribution in [0, 0.1) is 13.8 Å². The molecular formula is C17H19NO2. The van der Waals surface area contributed by atoms with Crippen molar-refractivity contribution in [1.29, 1.82) is 0 Å². The highest BCUT2D eigenvalue weighted by molar-refractivity contribution is 6.01. The first-order valence-corrected chi connectivity index (χ1v) is 6.59. The van der Waals surface area contributed by atoms with Gasteiger partial charge in [0.25, 0.3) is 0 Å². The highest BCUT2D eigenvalue weighted by atomic mass is 16.5. The van der Waals surface area contributed by atoms with Gasteiger partial charge in [-0.15, -0.1) is 0 Å². The molecule has 0 spiro atoms. The van der Waals surface area contributed by atoms with Crippen molar-refractivity contribution in [3.8, 4) is 5.75 Å². The van der Waals surface area contributed by atoms with Crippen molar-refractivity contribution in [3.63, 3.8) is 0 Å². The van der Waals surface area contributed by atoms with Crippen molar-refractivity contribution >= 4 is 11.5 Å². The van der Waals surface area contributed by atoms with Crippen molar-refractivity contribution in [2.75, 3.05) is 19.0 Å². The van der Waals surface area contributed by atoms with E-state index < -0.39 is 0 Å². The molecule has 2 rings (SSSR count). The summed E-state index contributed by atoms with van der Waals surface area (Å²) in [6.45, 7) is 4.23. The number of aryl methyl sites for hydroxylation is 2. The molecule has 1 N–H and O–H groups in total. The molecule has 0 aliphatic heterocycles. The lowest BCUT2D eigenvalue weighted by atomic mass is 10.1. The van der Waals surface area contributed by atoms with E-state index in [0.29, 0.717) is 11.3 Å². The number of methoxy groups -OCH3 is 1. The lowest BCUT2D eigenvalue weighted by Gasteiger charge is -2.11. The molecule has 0 amide bonds. The zero-order valence-electron chi connectivity index (χ0n) is 12.1. The topological polar surface area (TPSA) is 38.3 Å². The highest BCUT2D eigenvalue weighted by Crippen LogP contribution is 2.21. The van der Waals surface area contributed by atoms with E-state index in [-0.39, 0.29) is 12.3 Å². The third-order valence-electron chi connectivity index (χ3n) is 3.24. The van der Waals surface area contributed by atoms with Crippen LogP contribution in [0.5, 0.6) is 5.75 Å². The fraction of sp³-hybridized carbons (Fsp3) is 0.235. The molecule has 2 aromatic rings. The first-order valence-electron chi connectivity index (χ1n) is 6.59. The quantitative estimate of drug-likeness (QED) is 0.843. The van der Waals surface area contributed by atoms with Gasteiger partial charge in [-0.3, -0.25) is 4.79 Å². The van der Waals surface area contributed by atoms with Crippen molar-refractivity contribution in [2.24, 2.45) is 0 Å². The van der Waals surface area contributed by atoms with E-state index in [9.17, 15) is 4.79 Å². The standard InChI is InChI=1S/C17H19NO2/c1-12-8-9-17(20-3)14(10-12)16(19)11-18-15-7-5-4-6-13(15)2/h4-10,18H,11H2,1-3H3. The van der Waals surface area contributed by atoms with Gasteiger partial charge in [0.1, 0.15) is 5.75 Å². The molecular weight excluding hydrogens is 250 g/mol. The smallest absolute Gasteiger partial charge is 0.185 e. The van der Waals surface area contributed by atoms with Gasteiger partial charge in [0, 0.05) is 5.69 Å². The second-order valence-corrected chi connectivity index (χ2v) is 4.80. The number of hydrogen-bond acceptors (Lipinski definition) is 3. The number of benzene rings is 2. The first kappa shape index (κ1) is 14.1. The first-order chi connectivity index (χ1) is 9.61. The van der Waals surface area contributed by atoms with Crippen molar-refractivity contribution in [2.45, 2.75) is 13.8 Å². The number of anilines is 1. The van der Waals surface area contributed by atoms with E-state index in [1.807, 2.05) is 56.3 Å². The van der Waals surface area contributed by atoms with E-state index in [2.05, 4.69) is 5.32 Å². The normalized spacial score (nSPS) is 10.2. The summed E-state index contributed by atoms with van der Waals surface area (Å²) in [5, 5.41) is 3.18. The SMILES string of the molecule is COc1ccc(C)cc1C(=O)CNc1ccccc1C. The van der Waals surface area contributed by atoms with Crippen LogP contribution < -0.4 is 10.1 Å². The summed E-state index contributed by atoms with van der Waals surface area (Å²) < 4.78 is 5.25. The number of carbonyl (C=O) groups is 1. The minimum Gasteiger partial charge on any atom is -0.496 e. The summed E-state index contributed by atoms with van der Waals surface area (Å²) in [6.07, 6.45) is 0. The molecule has 0 saturated heterocycles. The molecule has 0 aromatic heterocycles. The average Bonchev–Trinajstić information content (AvgIpc) is 2.46. The van der Waals surface area contributed by atoms with Gasteiger partial charge in [-0.05, 0) is 37.6 Å². The van der Waals surface area contributed by atoms with Crippen LogP contribution in [0.3, 0.4) is 0 Å². The summed E-state index contributed by atoms with van der Waals surface area (Å²) in [7, 11) is 1.58. The lowest BCUT2D eigenvalue weighted by Crippen LogP contribution is -2.15. The summed E-state index contributed by atoms with van der Waals surface area (Å²) in [6, 6.07) is 13.5. The van der Waals surface area contributed by atoms with Crippen LogP contribution in [0.4, 0.5) is 5.69 Å².